The number of aromatic nitrogens is 1. The van der Waals surface area contributed by atoms with Gasteiger partial charge in [-0.15, -0.1) is 0 Å². The van der Waals surface area contributed by atoms with Crippen molar-refractivity contribution in [2.24, 2.45) is 0 Å². The first-order valence-corrected chi connectivity index (χ1v) is 7.43. The Labute approximate surface area is 130 Å². The number of benzene rings is 1. The summed E-state index contributed by atoms with van der Waals surface area (Å²) >= 11 is 0. The number of hydrogen-bond acceptors (Lipinski definition) is 2. The first kappa shape index (κ1) is 14.2. The second-order valence-electron chi connectivity index (χ2n) is 5.82. The van der Waals surface area contributed by atoms with Crippen molar-refractivity contribution in [2.75, 3.05) is 11.4 Å². The number of anilines is 1. The molecule has 0 atom stereocenters. The second kappa shape index (κ2) is 4.81. The summed E-state index contributed by atoms with van der Waals surface area (Å²) in [7, 11) is 0. The van der Waals surface area contributed by atoms with Crippen LogP contribution in [0, 0.1) is 0 Å². The first-order valence-electron chi connectivity index (χ1n) is 7.43. The van der Waals surface area contributed by atoms with E-state index in [1.165, 1.54) is 17.3 Å². The van der Waals surface area contributed by atoms with Crippen molar-refractivity contribution in [3.05, 3.63) is 47.3 Å². The molecular formula is C17H13F3N2O. The number of rotatable bonds is 1. The Morgan fingerprint density at radius 2 is 2.00 bits per heavy atom. The number of carbonyl (C=O) groups excluding carboxylic acids is 1. The van der Waals surface area contributed by atoms with Gasteiger partial charge in [0.25, 0.3) is 0 Å². The van der Waals surface area contributed by atoms with Crippen LogP contribution in [0.4, 0.5) is 18.9 Å². The van der Waals surface area contributed by atoms with Gasteiger partial charge in [-0.25, -0.2) is 0 Å². The minimum Gasteiger partial charge on any atom is -0.312 e. The van der Waals surface area contributed by atoms with Crippen molar-refractivity contribution in [3.8, 4) is 11.1 Å². The number of aryl methyl sites for hydroxylation is 1. The number of hydrogen-bond donors (Lipinski definition) is 0. The van der Waals surface area contributed by atoms with Crippen molar-refractivity contribution in [1.82, 2.24) is 4.98 Å². The molecule has 2 aliphatic heterocycles. The first-order chi connectivity index (χ1) is 11.0. The zero-order chi connectivity index (χ0) is 16.2. The van der Waals surface area contributed by atoms with Gasteiger partial charge < -0.3 is 4.90 Å². The fourth-order valence-electron chi connectivity index (χ4n) is 3.59. The van der Waals surface area contributed by atoms with E-state index in [1.54, 1.807) is 18.2 Å². The van der Waals surface area contributed by atoms with E-state index >= 15 is 0 Å². The molecule has 0 fully saturated rings. The molecule has 0 unspecified atom stereocenters. The van der Waals surface area contributed by atoms with Crippen LogP contribution in [0.3, 0.4) is 0 Å². The highest BCUT2D eigenvalue weighted by molar-refractivity contribution is 6.00. The minimum atomic E-state index is -4.47. The number of amides is 1. The number of pyridine rings is 1. The number of nitrogens with zero attached hydrogens (tertiary/aromatic N) is 2. The van der Waals surface area contributed by atoms with E-state index in [4.69, 9.17) is 0 Å². The molecule has 0 saturated carbocycles. The van der Waals surface area contributed by atoms with Crippen LogP contribution in [-0.4, -0.2) is 17.4 Å². The van der Waals surface area contributed by atoms with Gasteiger partial charge >= 0.3 is 6.18 Å². The molecule has 118 valence electrons. The number of halogens is 3. The maximum Gasteiger partial charge on any atom is 0.417 e. The lowest BCUT2D eigenvalue weighted by molar-refractivity contribution is -0.137. The van der Waals surface area contributed by atoms with Crippen molar-refractivity contribution >= 4 is 11.6 Å². The number of alkyl halides is 3. The van der Waals surface area contributed by atoms with Gasteiger partial charge in [-0.3, -0.25) is 9.78 Å². The molecule has 0 bridgehead atoms. The third kappa shape index (κ3) is 2.12. The van der Waals surface area contributed by atoms with Gasteiger partial charge in [0.15, 0.2) is 0 Å². The van der Waals surface area contributed by atoms with Gasteiger partial charge in [0.2, 0.25) is 5.91 Å². The standard InChI is InChI=1S/C17H13F3N2O/c18-17(19,20)15-12-5-7-22-14(23)4-3-10(16(12)22)8-13(15)11-2-1-6-21-9-11/h1-2,6,8-9H,3-5,7H2. The molecule has 0 aliphatic carbocycles. The van der Waals surface area contributed by atoms with Crippen LogP contribution in [0.25, 0.3) is 11.1 Å². The monoisotopic (exact) mass is 318 g/mol. The molecule has 1 amide bonds. The summed E-state index contributed by atoms with van der Waals surface area (Å²) in [6, 6.07) is 4.85. The molecule has 2 aliphatic rings. The fraction of sp³-hybridized carbons (Fsp3) is 0.294. The highest BCUT2D eigenvalue weighted by atomic mass is 19.4. The Bertz CT molecular complexity index is 800. The largest absolute Gasteiger partial charge is 0.417 e. The van der Waals surface area contributed by atoms with Crippen LogP contribution in [0.2, 0.25) is 0 Å². The van der Waals surface area contributed by atoms with Gasteiger partial charge in [0.05, 0.1) is 11.3 Å². The molecule has 2 aromatic rings. The quantitative estimate of drug-likeness (QED) is 0.805. The summed E-state index contributed by atoms with van der Waals surface area (Å²) in [6.07, 6.45) is -0.393. The predicted octanol–water partition coefficient (Wildman–Crippen LogP) is 3.60. The third-order valence-corrected chi connectivity index (χ3v) is 4.50. The summed E-state index contributed by atoms with van der Waals surface area (Å²) < 4.78 is 41.2. The molecule has 1 aromatic carbocycles. The summed E-state index contributed by atoms with van der Waals surface area (Å²) in [5.74, 6) is -0.0847. The van der Waals surface area contributed by atoms with E-state index < -0.39 is 11.7 Å². The number of carbonyl (C=O) groups is 1. The maximum absolute atomic E-state index is 13.7. The van der Waals surface area contributed by atoms with E-state index in [1.807, 2.05) is 0 Å². The zero-order valence-corrected chi connectivity index (χ0v) is 12.2. The van der Waals surface area contributed by atoms with E-state index in [-0.39, 0.29) is 23.5 Å². The van der Waals surface area contributed by atoms with Crippen molar-refractivity contribution in [2.45, 2.75) is 25.4 Å². The molecule has 6 heteroatoms. The van der Waals surface area contributed by atoms with E-state index in [9.17, 15) is 18.0 Å². The van der Waals surface area contributed by atoms with Gasteiger partial charge in [-0.1, -0.05) is 6.07 Å². The Morgan fingerprint density at radius 1 is 1.17 bits per heavy atom. The maximum atomic E-state index is 13.7. The molecular weight excluding hydrogens is 305 g/mol. The van der Waals surface area contributed by atoms with Crippen LogP contribution in [0.15, 0.2) is 30.6 Å². The summed E-state index contributed by atoms with van der Waals surface area (Å²) in [6.45, 7) is 0.334. The minimum absolute atomic E-state index is 0.0847. The van der Waals surface area contributed by atoms with Crippen LogP contribution < -0.4 is 4.90 Å². The van der Waals surface area contributed by atoms with Crippen molar-refractivity contribution in [3.63, 3.8) is 0 Å². The molecule has 23 heavy (non-hydrogen) atoms. The highest BCUT2D eigenvalue weighted by Gasteiger charge is 2.42. The van der Waals surface area contributed by atoms with Gasteiger partial charge in [0, 0.05) is 30.9 Å². The molecule has 3 heterocycles. The van der Waals surface area contributed by atoms with Crippen LogP contribution in [0.5, 0.6) is 0 Å². The Hall–Kier alpha value is -2.37. The average Bonchev–Trinajstić information content (AvgIpc) is 2.96. The zero-order valence-electron chi connectivity index (χ0n) is 12.2. The molecule has 0 radical (unpaired) electrons. The van der Waals surface area contributed by atoms with Crippen molar-refractivity contribution < 1.29 is 18.0 Å². The highest BCUT2D eigenvalue weighted by Crippen LogP contribution is 2.48. The SMILES string of the molecule is O=C1CCc2cc(-c3cccnc3)c(C(F)(F)F)c3c2N1CC3. The smallest absolute Gasteiger partial charge is 0.312 e. The molecule has 0 spiro atoms. The van der Waals surface area contributed by atoms with Gasteiger partial charge in [0.1, 0.15) is 0 Å². The van der Waals surface area contributed by atoms with E-state index in [0.717, 1.165) is 5.56 Å². The Morgan fingerprint density at radius 3 is 2.70 bits per heavy atom. The molecule has 3 nitrogen and oxygen atoms in total. The van der Waals surface area contributed by atoms with Crippen LogP contribution in [-0.2, 0) is 23.8 Å². The lowest BCUT2D eigenvalue weighted by atomic mass is 9.88. The molecule has 0 N–H and O–H groups in total. The summed E-state index contributed by atoms with van der Waals surface area (Å²) in [5.41, 5.74) is 1.55. The lowest BCUT2D eigenvalue weighted by Crippen LogP contribution is -2.33. The second-order valence-corrected chi connectivity index (χ2v) is 5.82. The van der Waals surface area contributed by atoms with E-state index in [2.05, 4.69) is 4.98 Å². The van der Waals surface area contributed by atoms with Crippen LogP contribution in [0.1, 0.15) is 23.1 Å². The lowest BCUT2D eigenvalue weighted by Gasteiger charge is -2.27. The Balaban J connectivity index is 2.04. The molecule has 1 aromatic heterocycles. The molecule has 0 saturated heterocycles. The fourth-order valence-corrected chi connectivity index (χ4v) is 3.59. The molecule has 4 rings (SSSR count). The van der Waals surface area contributed by atoms with E-state index in [0.29, 0.717) is 30.6 Å². The van der Waals surface area contributed by atoms with Gasteiger partial charge in [-0.2, -0.15) is 13.2 Å². The summed E-state index contributed by atoms with van der Waals surface area (Å²) in [5, 5.41) is 0. The van der Waals surface area contributed by atoms with Gasteiger partial charge in [-0.05, 0) is 41.7 Å². The topological polar surface area (TPSA) is 33.2 Å². The van der Waals surface area contributed by atoms with Crippen LogP contribution >= 0.6 is 0 Å². The Kier molecular flexibility index (Phi) is 2.98. The summed E-state index contributed by atoms with van der Waals surface area (Å²) in [4.78, 5) is 17.4. The third-order valence-electron chi connectivity index (χ3n) is 4.50. The normalized spacial score (nSPS) is 16.7. The van der Waals surface area contributed by atoms with Crippen molar-refractivity contribution in [1.29, 1.82) is 0 Å². The average molecular weight is 318 g/mol. The predicted molar refractivity (Wildman–Crippen MR) is 79.1 cm³/mol.